The molecule has 0 bridgehead atoms. The van der Waals surface area contributed by atoms with E-state index in [0.29, 0.717) is 6.54 Å². The standard InChI is InChI=1S/C12H11N3O/c13-6-9-7-15-11-5-10(16)3-1-8(11)2-4-12(15)14-9/h1-5,7,16H,6,13H2. The van der Waals surface area contributed by atoms with Crippen molar-refractivity contribution in [1.29, 1.82) is 0 Å². The SMILES string of the molecule is NCc1cn2c(ccc3ccc(O)cc32)n1. The van der Waals surface area contributed by atoms with Crippen molar-refractivity contribution >= 4 is 16.6 Å². The highest BCUT2D eigenvalue weighted by Crippen LogP contribution is 2.21. The van der Waals surface area contributed by atoms with Crippen LogP contribution in [0.5, 0.6) is 5.75 Å². The van der Waals surface area contributed by atoms with Crippen molar-refractivity contribution in [2.75, 3.05) is 0 Å². The van der Waals surface area contributed by atoms with E-state index in [9.17, 15) is 5.11 Å². The Morgan fingerprint density at radius 1 is 1.25 bits per heavy atom. The molecule has 80 valence electrons. The molecule has 0 aliphatic rings. The van der Waals surface area contributed by atoms with Crippen molar-refractivity contribution < 1.29 is 5.11 Å². The zero-order valence-corrected chi connectivity index (χ0v) is 8.59. The van der Waals surface area contributed by atoms with Gasteiger partial charge in [0.1, 0.15) is 11.4 Å². The first-order chi connectivity index (χ1) is 7.78. The molecular formula is C12H11N3O. The Morgan fingerprint density at radius 2 is 2.06 bits per heavy atom. The number of hydrogen-bond acceptors (Lipinski definition) is 3. The first-order valence-corrected chi connectivity index (χ1v) is 5.08. The highest BCUT2D eigenvalue weighted by molar-refractivity contribution is 5.83. The van der Waals surface area contributed by atoms with Crippen LogP contribution >= 0.6 is 0 Å². The Balaban J connectivity index is 2.46. The van der Waals surface area contributed by atoms with Crippen LogP contribution in [0.2, 0.25) is 0 Å². The van der Waals surface area contributed by atoms with Gasteiger partial charge in [0.2, 0.25) is 0 Å². The molecular weight excluding hydrogens is 202 g/mol. The zero-order chi connectivity index (χ0) is 11.1. The lowest BCUT2D eigenvalue weighted by Gasteiger charge is -2.01. The average molecular weight is 213 g/mol. The number of phenolic OH excluding ortho intramolecular Hbond substituents is 1. The number of nitrogens with zero attached hydrogens (tertiary/aromatic N) is 2. The highest BCUT2D eigenvalue weighted by atomic mass is 16.3. The minimum absolute atomic E-state index is 0.253. The maximum absolute atomic E-state index is 9.50. The van der Waals surface area contributed by atoms with Gasteiger partial charge in [-0.1, -0.05) is 0 Å². The fourth-order valence-corrected chi connectivity index (χ4v) is 1.90. The van der Waals surface area contributed by atoms with Gasteiger partial charge >= 0.3 is 0 Å². The van der Waals surface area contributed by atoms with Crippen LogP contribution in [0.3, 0.4) is 0 Å². The van der Waals surface area contributed by atoms with Crippen LogP contribution in [0.4, 0.5) is 0 Å². The second-order valence-corrected chi connectivity index (χ2v) is 3.74. The Bertz CT molecular complexity index is 672. The van der Waals surface area contributed by atoms with Crippen molar-refractivity contribution in [3.05, 3.63) is 42.2 Å². The number of nitrogens with two attached hydrogens (primary N) is 1. The molecule has 16 heavy (non-hydrogen) atoms. The van der Waals surface area contributed by atoms with Gasteiger partial charge in [0.25, 0.3) is 0 Å². The summed E-state index contributed by atoms with van der Waals surface area (Å²) in [5.41, 5.74) is 8.19. The van der Waals surface area contributed by atoms with E-state index in [-0.39, 0.29) is 5.75 Å². The van der Waals surface area contributed by atoms with E-state index < -0.39 is 0 Å². The van der Waals surface area contributed by atoms with Crippen LogP contribution in [-0.4, -0.2) is 14.5 Å². The fraction of sp³-hybridized carbons (Fsp3) is 0.0833. The second kappa shape index (κ2) is 3.21. The molecule has 2 heterocycles. The first-order valence-electron chi connectivity index (χ1n) is 5.08. The Hall–Kier alpha value is -2.07. The van der Waals surface area contributed by atoms with E-state index in [2.05, 4.69) is 4.98 Å². The number of rotatable bonds is 1. The van der Waals surface area contributed by atoms with Crippen LogP contribution in [0, 0.1) is 0 Å². The molecule has 0 saturated heterocycles. The summed E-state index contributed by atoms with van der Waals surface area (Å²) in [6, 6.07) is 9.21. The maximum atomic E-state index is 9.50. The summed E-state index contributed by atoms with van der Waals surface area (Å²) < 4.78 is 1.94. The quantitative estimate of drug-likeness (QED) is 0.646. The van der Waals surface area contributed by atoms with Crippen LogP contribution in [0.25, 0.3) is 16.6 Å². The first kappa shape index (κ1) is 9.18. The third-order valence-corrected chi connectivity index (χ3v) is 2.68. The fourth-order valence-electron chi connectivity index (χ4n) is 1.90. The molecule has 0 spiro atoms. The van der Waals surface area contributed by atoms with E-state index in [1.807, 2.05) is 28.8 Å². The van der Waals surface area contributed by atoms with Crippen molar-refractivity contribution in [3.63, 3.8) is 0 Å². The molecule has 2 aromatic heterocycles. The predicted molar refractivity (Wildman–Crippen MR) is 62.3 cm³/mol. The molecule has 1 aromatic carbocycles. The van der Waals surface area contributed by atoms with E-state index in [0.717, 1.165) is 22.2 Å². The van der Waals surface area contributed by atoms with Gasteiger partial charge < -0.3 is 10.8 Å². The number of aromatic nitrogens is 2. The molecule has 4 nitrogen and oxygen atoms in total. The predicted octanol–water partition coefficient (Wildman–Crippen LogP) is 1.65. The number of fused-ring (bicyclic) bond motifs is 3. The lowest BCUT2D eigenvalue weighted by molar-refractivity contribution is 0.476. The summed E-state index contributed by atoms with van der Waals surface area (Å²) in [5, 5.41) is 10.6. The number of benzene rings is 1. The smallest absolute Gasteiger partial charge is 0.137 e. The normalized spacial score (nSPS) is 11.3. The molecule has 0 fully saturated rings. The molecule has 3 aromatic rings. The van der Waals surface area contributed by atoms with Crippen molar-refractivity contribution in [2.24, 2.45) is 5.73 Å². The number of imidazole rings is 1. The van der Waals surface area contributed by atoms with Crippen LogP contribution in [0.15, 0.2) is 36.5 Å². The monoisotopic (exact) mass is 213 g/mol. The van der Waals surface area contributed by atoms with Crippen molar-refractivity contribution in [3.8, 4) is 5.75 Å². The van der Waals surface area contributed by atoms with Crippen molar-refractivity contribution in [1.82, 2.24) is 9.38 Å². The minimum Gasteiger partial charge on any atom is -0.508 e. The third kappa shape index (κ3) is 1.24. The lowest BCUT2D eigenvalue weighted by atomic mass is 10.2. The third-order valence-electron chi connectivity index (χ3n) is 2.68. The Labute approximate surface area is 91.9 Å². The number of aromatic hydroxyl groups is 1. The number of pyridine rings is 1. The van der Waals surface area contributed by atoms with E-state index in [1.54, 1.807) is 12.1 Å². The average Bonchev–Trinajstić information content (AvgIpc) is 2.72. The Kier molecular flexibility index (Phi) is 1.84. The molecule has 3 N–H and O–H groups in total. The molecule has 0 aliphatic carbocycles. The molecule has 0 aliphatic heterocycles. The maximum Gasteiger partial charge on any atom is 0.137 e. The number of phenols is 1. The van der Waals surface area contributed by atoms with Gasteiger partial charge in [-0.3, -0.25) is 4.40 Å². The highest BCUT2D eigenvalue weighted by Gasteiger charge is 2.04. The van der Waals surface area contributed by atoms with Crippen LogP contribution in [0.1, 0.15) is 5.69 Å². The van der Waals surface area contributed by atoms with Gasteiger partial charge in [-0.15, -0.1) is 0 Å². The molecule has 0 amide bonds. The van der Waals surface area contributed by atoms with E-state index in [1.165, 1.54) is 0 Å². The molecule has 0 atom stereocenters. The van der Waals surface area contributed by atoms with Crippen LogP contribution < -0.4 is 5.73 Å². The van der Waals surface area contributed by atoms with E-state index >= 15 is 0 Å². The topological polar surface area (TPSA) is 63.5 Å². The van der Waals surface area contributed by atoms with Gasteiger partial charge in [-0.25, -0.2) is 4.98 Å². The van der Waals surface area contributed by atoms with Gasteiger partial charge in [-0.05, 0) is 29.7 Å². The summed E-state index contributed by atoms with van der Waals surface area (Å²) in [5.74, 6) is 0.253. The van der Waals surface area contributed by atoms with Crippen LogP contribution in [-0.2, 0) is 6.54 Å². The van der Waals surface area contributed by atoms with Gasteiger partial charge in [0.05, 0.1) is 11.2 Å². The Morgan fingerprint density at radius 3 is 2.88 bits per heavy atom. The summed E-state index contributed by atoms with van der Waals surface area (Å²) in [6.45, 7) is 0.419. The molecule has 0 saturated carbocycles. The zero-order valence-electron chi connectivity index (χ0n) is 8.59. The second-order valence-electron chi connectivity index (χ2n) is 3.74. The molecule has 0 unspecified atom stereocenters. The minimum atomic E-state index is 0.253. The molecule has 4 heteroatoms. The lowest BCUT2D eigenvalue weighted by Crippen LogP contribution is -1.95. The van der Waals surface area contributed by atoms with Gasteiger partial charge in [-0.2, -0.15) is 0 Å². The molecule has 3 rings (SSSR count). The number of hydrogen-bond donors (Lipinski definition) is 2. The summed E-state index contributed by atoms with van der Waals surface area (Å²) in [6.07, 6.45) is 1.90. The van der Waals surface area contributed by atoms with E-state index in [4.69, 9.17) is 5.73 Å². The van der Waals surface area contributed by atoms with Crippen molar-refractivity contribution in [2.45, 2.75) is 6.54 Å². The van der Waals surface area contributed by atoms with Gasteiger partial charge in [0, 0.05) is 18.8 Å². The largest absolute Gasteiger partial charge is 0.508 e. The molecule has 0 radical (unpaired) electrons. The summed E-state index contributed by atoms with van der Waals surface area (Å²) in [7, 11) is 0. The summed E-state index contributed by atoms with van der Waals surface area (Å²) in [4.78, 5) is 4.37. The summed E-state index contributed by atoms with van der Waals surface area (Å²) >= 11 is 0. The van der Waals surface area contributed by atoms with Gasteiger partial charge in [0.15, 0.2) is 0 Å².